The number of carbonyl (C=O) groups is 1. The van der Waals surface area contributed by atoms with Crippen LogP contribution in [-0.4, -0.2) is 42.1 Å². The third-order valence-electron chi connectivity index (χ3n) is 6.19. The summed E-state index contributed by atoms with van der Waals surface area (Å²) in [6, 6.07) is 7.84. The van der Waals surface area contributed by atoms with Crippen molar-refractivity contribution in [3.8, 4) is 0 Å². The van der Waals surface area contributed by atoms with Gasteiger partial charge in [0.05, 0.1) is 12.7 Å². The highest BCUT2D eigenvalue weighted by atomic mass is 16.5. The molecule has 3 rings (SSSR count). The number of likely N-dealkylation sites (tertiary alicyclic amines) is 1. The van der Waals surface area contributed by atoms with Crippen LogP contribution in [0.2, 0.25) is 0 Å². The SMILES string of the molecule is CC(C)OCc1ccc(C(=O)NCC2(N3CCCCC3)CCCCC2)cc1. The molecule has 150 valence electrons. The molecule has 4 nitrogen and oxygen atoms in total. The number of nitrogens with one attached hydrogen (secondary N) is 1. The normalized spacial score (nSPS) is 20.6. The molecule has 1 heterocycles. The van der Waals surface area contributed by atoms with Crippen molar-refractivity contribution in [2.24, 2.45) is 0 Å². The minimum Gasteiger partial charge on any atom is -0.374 e. The Bertz CT molecular complexity index is 585. The highest BCUT2D eigenvalue weighted by molar-refractivity contribution is 5.94. The molecule has 1 N–H and O–H groups in total. The number of hydrogen-bond acceptors (Lipinski definition) is 3. The summed E-state index contributed by atoms with van der Waals surface area (Å²) in [5.74, 6) is 0.0493. The predicted molar refractivity (Wildman–Crippen MR) is 110 cm³/mol. The van der Waals surface area contributed by atoms with Crippen LogP contribution in [0.4, 0.5) is 0 Å². The van der Waals surface area contributed by atoms with E-state index < -0.39 is 0 Å². The summed E-state index contributed by atoms with van der Waals surface area (Å²) in [7, 11) is 0. The third-order valence-corrected chi connectivity index (χ3v) is 6.19. The number of hydrogen-bond donors (Lipinski definition) is 1. The van der Waals surface area contributed by atoms with E-state index in [2.05, 4.69) is 10.2 Å². The van der Waals surface area contributed by atoms with Crippen LogP contribution >= 0.6 is 0 Å². The molecule has 1 aliphatic heterocycles. The third kappa shape index (κ3) is 5.55. The van der Waals surface area contributed by atoms with Crippen molar-refractivity contribution in [3.63, 3.8) is 0 Å². The average molecular weight is 373 g/mol. The van der Waals surface area contributed by atoms with Gasteiger partial charge in [-0.05, 0) is 70.3 Å². The highest BCUT2D eigenvalue weighted by Gasteiger charge is 2.38. The molecule has 1 aromatic rings. The first kappa shape index (κ1) is 20.3. The van der Waals surface area contributed by atoms with Crippen LogP contribution in [0.1, 0.15) is 81.1 Å². The molecule has 0 radical (unpaired) electrons. The molecule has 2 aliphatic rings. The van der Waals surface area contributed by atoms with E-state index in [0.29, 0.717) is 6.61 Å². The summed E-state index contributed by atoms with van der Waals surface area (Å²) in [5.41, 5.74) is 2.03. The summed E-state index contributed by atoms with van der Waals surface area (Å²) >= 11 is 0. The van der Waals surface area contributed by atoms with Crippen LogP contribution in [0.15, 0.2) is 24.3 Å². The number of amides is 1. The van der Waals surface area contributed by atoms with E-state index in [1.807, 2.05) is 38.1 Å². The van der Waals surface area contributed by atoms with Gasteiger partial charge in [-0.25, -0.2) is 0 Å². The summed E-state index contributed by atoms with van der Waals surface area (Å²) in [4.78, 5) is 15.4. The van der Waals surface area contributed by atoms with Gasteiger partial charge in [0.1, 0.15) is 0 Å². The van der Waals surface area contributed by atoms with Crippen molar-refractivity contribution in [2.45, 2.75) is 83.5 Å². The van der Waals surface area contributed by atoms with E-state index in [1.165, 1.54) is 64.5 Å². The molecule has 27 heavy (non-hydrogen) atoms. The van der Waals surface area contributed by atoms with Crippen LogP contribution in [0, 0.1) is 0 Å². The minimum absolute atomic E-state index is 0.0493. The molecule has 1 saturated carbocycles. The van der Waals surface area contributed by atoms with E-state index in [0.717, 1.165) is 17.7 Å². The van der Waals surface area contributed by atoms with Gasteiger partial charge < -0.3 is 10.1 Å². The second-order valence-corrected chi connectivity index (χ2v) is 8.57. The summed E-state index contributed by atoms with van der Waals surface area (Å²) < 4.78 is 5.63. The monoisotopic (exact) mass is 372 g/mol. The van der Waals surface area contributed by atoms with Crippen LogP contribution in [0.5, 0.6) is 0 Å². The van der Waals surface area contributed by atoms with Gasteiger partial charge in [-0.2, -0.15) is 0 Å². The van der Waals surface area contributed by atoms with Crippen molar-refractivity contribution in [2.75, 3.05) is 19.6 Å². The minimum atomic E-state index is 0.0493. The first-order valence-electron chi connectivity index (χ1n) is 10.8. The Kier molecular flexibility index (Phi) is 7.31. The number of piperidine rings is 1. The summed E-state index contributed by atoms with van der Waals surface area (Å²) in [5, 5.41) is 3.26. The zero-order valence-electron chi connectivity index (χ0n) is 17.1. The maximum Gasteiger partial charge on any atom is 0.251 e. The maximum absolute atomic E-state index is 12.7. The van der Waals surface area contributed by atoms with Crippen molar-refractivity contribution in [3.05, 3.63) is 35.4 Å². The van der Waals surface area contributed by atoms with Crippen LogP contribution in [0.3, 0.4) is 0 Å². The van der Waals surface area contributed by atoms with Crippen LogP contribution < -0.4 is 5.32 Å². The van der Waals surface area contributed by atoms with Crippen molar-refractivity contribution in [1.29, 1.82) is 0 Å². The molecular formula is C23H36N2O2. The van der Waals surface area contributed by atoms with Gasteiger partial charge in [0.2, 0.25) is 0 Å². The van der Waals surface area contributed by atoms with Gasteiger partial charge in [0.15, 0.2) is 0 Å². The fourth-order valence-corrected chi connectivity index (χ4v) is 4.55. The molecule has 1 aromatic carbocycles. The zero-order chi connectivity index (χ0) is 19.1. The van der Waals surface area contributed by atoms with Crippen molar-refractivity contribution >= 4 is 5.91 Å². The van der Waals surface area contributed by atoms with E-state index in [4.69, 9.17) is 4.74 Å². The highest BCUT2D eigenvalue weighted by Crippen LogP contribution is 2.35. The molecule has 4 heteroatoms. The van der Waals surface area contributed by atoms with Gasteiger partial charge >= 0.3 is 0 Å². The molecular weight excluding hydrogens is 336 g/mol. The van der Waals surface area contributed by atoms with Gasteiger partial charge in [0, 0.05) is 17.6 Å². The Hall–Kier alpha value is -1.39. The Morgan fingerprint density at radius 1 is 1.04 bits per heavy atom. The average Bonchev–Trinajstić information content (AvgIpc) is 2.72. The fraction of sp³-hybridized carbons (Fsp3) is 0.696. The lowest BCUT2D eigenvalue weighted by Gasteiger charge is -2.48. The second-order valence-electron chi connectivity index (χ2n) is 8.57. The first-order chi connectivity index (χ1) is 13.1. The number of ether oxygens (including phenoxy) is 1. The molecule has 1 saturated heterocycles. The Morgan fingerprint density at radius 3 is 2.30 bits per heavy atom. The van der Waals surface area contributed by atoms with Gasteiger partial charge in [-0.15, -0.1) is 0 Å². The topological polar surface area (TPSA) is 41.6 Å². The molecule has 0 spiro atoms. The lowest BCUT2D eigenvalue weighted by atomic mass is 9.79. The lowest BCUT2D eigenvalue weighted by Crippen LogP contribution is -2.58. The maximum atomic E-state index is 12.7. The smallest absolute Gasteiger partial charge is 0.251 e. The lowest BCUT2D eigenvalue weighted by molar-refractivity contribution is 0.0326. The number of nitrogens with zero attached hydrogens (tertiary/aromatic N) is 1. The largest absolute Gasteiger partial charge is 0.374 e. The second kappa shape index (κ2) is 9.70. The van der Waals surface area contributed by atoms with Gasteiger partial charge in [-0.1, -0.05) is 37.8 Å². The molecule has 1 amide bonds. The van der Waals surface area contributed by atoms with Crippen LogP contribution in [-0.2, 0) is 11.3 Å². The van der Waals surface area contributed by atoms with E-state index >= 15 is 0 Å². The van der Waals surface area contributed by atoms with E-state index in [-0.39, 0.29) is 17.6 Å². The number of carbonyl (C=O) groups excluding carboxylic acids is 1. The molecule has 2 fully saturated rings. The molecule has 0 aromatic heterocycles. The first-order valence-corrected chi connectivity index (χ1v) is 10.8. The Labute approximate surface area is 164 Å². The van der Waals surface area contributed by atoms with E-state index in [1.54, 1.807) is 0 Å². The molecule has 0 unspecified atom stereocenters. The standard InChI is InChI=1S/C23H36N2O2/c1-19(2)27-17-20-9-11-21(12-10-20)22(26)24-18-23(13-5-3-6-14-23)25-15-7-4-8-16-25/h9-12,19H,3-8,13-18H2,1-2H3,(H,24,26). The number of benzene rings is 1. The molecule has 1 aliphatic carbocycles. The van der Waals surface area contributed by atoms with Crippen LogP contribution in [0.25, 0.3) is 0 Å². The van der Waals surface area contributed by atoms with Crippen molar-refractivity contribution in [1.82, 2.24) is 10.2 Å². The molecule has 0 bridgehead atoms. The zero-order valence-corrected chi connectivity index (χ0v) is 17.1. The number of rotatable bonds is 7. The van der Waals surface area contributed by atoms with Gasteiger partial charge in [-0.3, -0.25) is 9.69 Å². The Balaban J connectivity index is 1.58. The fourth-order valence-electron chi connectivity index (χ4n) is 4.55. The summed E-state index contributed by atoms with van der Waals surface area (Å²) in [6.07, 6.45) is 10.5. The van der Waals surface area contributed by atoms with E-state index in [9.17, 15) is 4.79 Å². The predicted octanol–water partition coefficient (Wildman–Crippen LogP) is 4.53. The Morgan fingerprint density at radius 2 is 1.67 bits per heavy atom. The van der Waals surface area contributed by atoms with Gasteiger partial charge in [0.25, 0.3) is 5.91 Å². The quantitative estimate of drug-likeness (QED) is 0.764. The van der Waals surface area contributed by atoms with Crippen molar-refractivity contribution < 1.29 is 9.53 Å². The summed E-state index contributed by atoms with van der Waals surface area (Å²) in [6.45, 7) is 7.83. The molecule has 0 atom stereocenters.